The summed E-state index contributed by atoms with van der Waals surface area (Å²) in [5.41, 5.74) is 3.66. The number of carbonyl (C=O) groups excluding carboxylic acids is 1. The van der Waals surface area contributed by atoms with Gasteiger partial charge in [-0.05, 0) is 41.1 Å². The third-order valence-corrected chi connectivity index (χ3v) is 3.18. The average molecular weight is 306 g/mol. The minimum absolute atomic E-state index is 0.548. The van der Waals surface area contributed by atoms with Crippen LogP contribution < -0.4 is 22.1 Å². The van der Waals surface area contributed by atoms with Gasteiger partial charge in [0.05, 0.1) is 5.69 Å². The Hall–Kier alpha value is -0.860. The molecule has 0 bridgehead atoms. The van der Waals surface area contributed by atoms with Crippen LogP contribution in [0.15, 0.2) is 18.2 Å². The molecule has 0 aromatic heterocycles. The Bertz CT molecular complexity index is 355. The first-order valence-corrected chi connectivity index (χ1v) is 4.96. The van der Waals surface area contributed by atoms with Gasteiger partial charge in [-0.15, -0.1) is 0 Å². The van der Waals surface area contributed by atoms with Gasteiger partial charge >= 0.3 is 6.03 Å². The fraction of sp³-hybridized carbons (Fsp3) is 0.125. The van der Waals surface area contributed by atoms with E-state index in [1.54, 1.807) is 6.07 Å². The Labute approximate surface area is 95.5 Å². The quantitative estimate of drug-likeness (QED) is 0.311. The van der Waals surface area contributed by atoms with E-state index in [2.05, 4.69) is 22.6 Å². The number of nitrogens with zero attached hydrogens (tertiary/aromatic N) is 1. The van der Waals surface area contributed by atoms with Gasteiger partial charge in [0.15, 0.2) is 0 Å². The Morgan fingerprint density at radius 2 is 2.21 bits per heavy atom. The van der Waals surface area contributed by atoms with Crippen LogP contribution in [0.2, 0.25) is 0 Å². The highest BCUT2D eigenvalue weighted by Gasteiger charge is 2.13. The average Bonchev–Trinajstić information content (AvgIpc) is 2.20. The van der Waals surface area contributed by atoms with Crippen LogP contribution in [0.1, 0.15) is 5.56 Å². The fourth-order valence-electron chi connectivity index (χ4n) is 0.997. The van der Waals surface area contributed by atoms with E-state index in [0.717, 1.165) is 14.1 Å². The number of hydrogen-bond donors (Lipinski definition) is 3. The standard InChI is InChI=1S/C8H11IN4O/c1-5-3-2-4-6(7(5)9)13(11)8(14)12-10/h2-4H,10-11H2,1H3,(H,12,14). The van der Waals surface area contributed by atoms with Crippen molar-refractivity contribution in [1.29, 1.82) is 0 Å². The first-order valence-electron chi connectivity index (χ1n) is 3.88. The van der Waals surface area contributed by atoms with E-state index in [4.69, 9.17) is 11.7 Å². The molecule has 5 N–H and O–H groups in total. The summed E-state index contributed by atoms with van der Waals surface area (Å²) >= 11 is 2.13. The maximum absolute atomic E-state index is 11.1. The Morgan fingerprint density at radius 3 is 2.79 bits per heavy atom. The molecule has 0 saturated carbocycles. The van der Waals surface area contributed by atoms with Crippen LogP contribution >= 0.6 is 22.6 Å². The summed E-state index contributed by atoms with van der Waals surface area (Å²) < 4.78 is 0.927. The largest absolute Gasteiger partial charge is 0.350 e. The number of rotatable bonds is 1. The molecule has 0 unspecified atom stereocenters. The number of benzene rings is 1. The Kier molecular flexibility index (Phi) is 3.67. The zero-order valence-electron chi connectivity index (χ0n) is 7.62. The summed E-state index contributed by atoms with van der Waals surface area (Å²) in [5.74, 6) is 10.5. The lowest BCUT2D eigenvalue weighted by atomic mass is 10.2. The summed E-state index contributed by atoms with van der Waals surface area (Å²) in [6.45, 7) is 1.94. The smallest absolute Gasteiger partial charge is 0.274 e. The SMILES string of the molecule is Cc1cccc(N(N)C(=O)NN)c1I. The summed E-state index contributed by atoms with van der Waals surface area (Å²) in [7, 11) is 0. The minimum Gasteiger partial charge on any atom is -0.274 e. The van der Waals surface area contributed by atoms with E-state index in [-0.39, 0.29) is 0 Å². The van der Waals surface area contributed by atoms with E-state index < -0.39 is 6.03 Å². The number of halogens is 1. The molecule has 0 atom stereocenters. The molecule has 14 heavy (non-hydrogen) atoms. The number of nitrogens with two attached hydrogens (primary N) is 2. The van der Waals surface area contributed by atoms with Gasteiger partial charge < -0.3 is 0 Å². The van der Waals surface area contributed by atoms with Crippen molar-refractivity contribution in [3.05, 3.63) is 27.3 Å². The molecular formula is C8H11IN4O. The van der Waals surface area contributed by atoms with E-state index in [1.807, 2.05) is 24.5 Å². The number of urea groups is 1. The molecule has 2 amide bonds. The third-order valence-electron chi connectivity index (χ3n) is 1.77. The van der Waals surface area contributed by atoms with Gasteiger partial charge in [-0.1, -0.05) is 12.1 Å². The topological polar surface area (TPSA) is 84.4 Å². The fourth-order valence-corrected chi connectivity index (χ4v) is 1.62. The summed E-state index contributed by atoms with van der Waals surface area (Å²) in [4.78, 5) is 11.1. The second kappa shape index (κ2) is 4.58. The zero-order valence-corrected chi connectivity index (χ0v) is 9.78. The molecule has 0 fully saturated rings. The first-order chi connectivity index (χ1) is 6.57. The van der Waals surface area contributed by atoms with Crippen molar-refractivity contribution < 1.29 is 4.79 Å². The van der Waals surface area contributed by atoms with Crippen molar-refractivity contribution in [3.8, 4) is 0 Å². The molecule has 0 spiro atoms. The summed E-state index contributed by atoms with van der Waals surface area (Å²) in [5, 5.41) is 0.981. The van der Waals surface area contributed by atoms with Crippen LogP contribution in [-0.2, 0) is 0 Å². The van der Waals surface area contributed by atoms with E-state index >= 15 is 0 Å². The molecule has 0 aliphatic carbocycles. The van der Waals surface area contributed by atoms with Crippen LogP contribution in [0, 0.1) is 10.5 Å². The molecule has 1 aromatic rings. The lowest BCUT2D eigenvalue weighted by Gasteiger charge is -2.17. The van der Waals surface area contributed by atoms with E-state index in [0.29, 0.717) is 5.69 Å². The number of amides is 2. The van der Waals surface area contributed by atoms with Gasteiger partial charge in [-0.3, -0.25) is 5.43 Å². The molecule has 0 saturated heterocycles. The number of nitrogens with one attached hydrogen (secondary N) is 1. The molecule has 1 rings (SSSR count). The maximum Gasteiger partial charge on any atom is 0.350 e. The van der Waals surface area contributed by atoms with Gasteiger partial charge in [0.1, 0.15) is 0 Å². The monoisotopic (exact) mass is 306 g/mol. The normalized spacial score (nSPS) is 9.71. The second-order valence-electron chi connectivity index (χ2n) is 2.73. The lowest BCUT2D eigenvalue weighted by molar-refractivity contribution is 0.246. The highest BCUT2D eigenvalue weighted by atomic mass is 127. The molecule has 5 nitrogen and oxygen atoms in total. The Morgan fingerprint density at radius 1 is 1.57 bits per heavy atom. The predicted octanol–water partition coefficient (Wildman–Crippen LogP) is 0.863. The van der Waals surface area contributed by atoms with Gasteiger partial charge in [-0.2, -0.15) is 0 Å². The first kappa shape index (κ1) is 11.2. The molecule has 0 aliphatic heterocycles. The number of hydrogen-bond acceptors (Lipinski definition) is 3. The minimum atomic E-state index is -0.548. The van der Waals surface area contributed by atoms with Crippen molar-refractivity contribution in [2.75, 3.05) is 5.01 Å². The van der Waals surface area contributed by atoms with Crippen LogP contribution in [0.3, 0.4) is 0 Å². The summed E-state index contributed by atoms with van der Waals surface area (Å²) in [6, 6.07) is 4.98. The van der Waals surface area contributed by atoms with Crippen LogP contribution in [0.5, 0.6) is 0 Å². The van der Waals surface area contributed by atoms with Gasteiger partial charge in [-0.25, -0.2) is 21.5 Å². The van der Waals surface area contributed by atoms with Crippen molar-refractivity contribution in [1.82, 2.24) is 5.43 Å². The second-order valence-corrected chi connectivity index (χ2v) is 3.81. The van der Waals surface area contributed by atoms with Gasteiger partial charge in [0, 0.05) is 3.57 Å². The molecular weight excluding hydrogens is 295 g/mol. The Balaban J connectivity index is 3.07. The van der Waals surface area contributed by atoms with Crippen LogP contribution in [0.25, 0.3) is 0 Å². The van der Waals surface area contributed by atoms with Gasteiger partial charge in [0.25, 0.3) is 0 Å². The van der Waals surface area contributed by atoms with Crippen molar-refractivity contribution >= 4 is 34.3 Å². The molecule has 1 aromatic carbocycles. The number of hydrazine groups is 2. The number of aryl methyl sites for hydroxylation is 1. The maximum atomic E-state index is 11.1. The molecule has 0 aliphatic rings. The van der Waals surface area contributed by atoms with Crippen molar-refractivity contribution in [3.63, 3.8) is 0 Å². The van der Waals surface area contributed by atoms with E-state index in [9.17, 15) is 4.79 Å². The van der Waals surface area contributed by atoms with E-state index in [1.165, 1.54) is 0 Å². The molecule has 6 heteroatoms. The van der Waals surface area contributed by atoms with Crippen LogP contribution in [-0.4, -0.2) is 6.03 Å². The summed E-state index contributed by atoms with van der Waals surface area (Å²) in [6.07, 6.45) is 0. The third kappa shape index (κ3) is 2.14. The van der Waals surface area contributed by atoms with Crippen LogP contribution in [0.4, 0.5) is 10.5 Å². The molecule has 76 valence electrons. The number of anilines is 1. The van der Waals surface area contributed by atoms with Crippen molar-refractivity contribution in [2.45, 2.75) is 6.92 Å². The number of carbonyl (C=O) groups is 1. The highest BCUT2D eigenvalue weighted by molar-refractivity contribution is 14.1. The van der Waals surface area contributed by atoms with Crippen molar-refractivity contribution in [2.24, 2.45) is 11.7 Å². The highest BCUT2D eigenvalue weighted by Crippen LogP contribution is 2.23. The van der Waals surface area contributed by atoms with Gasteiger partial charge in [0.2, 0.25) is 0 Å². The molecule has 0 radical (unpaired) electrons. The lowest BCUT2D eigenvalue weighted by Crippen LogP contribution is -2.48. The molecule has 0 heterocycles. The predicted molar refractivity (Wildman–Crippen MR) is 63.3 cm³/mol. The zero-order chi connectivity index (χ0) is 10.7.